The zero-order valence-electron chi connectivity index (χ0n) is 15.8. The Balaban J connectivity index is 0. The summed E-state index contributed by atoms with van der Waals surface area (Å²) in [5.74, 6) is 0.259. The summed E-state index contributed by atoms with van der Waals surface area (Å²) in [5.41, 5.74) is 10.6. The minimum atomic E-state index is 0. The fraction of sp³-hybridized carbons (Fsp3) is 0.333. The van der Waals surface area contributed by atoms with E-state index in [1.807, 2.05) is 59.3 Å². The molecule has 2 aromatic heterocycles. The van der Waals surface area contributed by atoms with Crippen molar-refractivity contribution in [3.63, 3.8) is 0 Å². The Morgan fingerprint density at radius 2 is 1.88 bits per heavy atom. The number of anilines is 1. The number of aryl methyl sites for hydroxylation is 1. The van der Waals surface area contributed by atoms with Gasteiger partial charge in [-0.3, -0.25) is 0 Å². The van der Waals surface area contributed by atoms with Gasteiger partial charge >= 0.3 is 0 Å². The highest BCUT2D eigenvalue weighted by Gasteiger charge is 2.08. The number of nitrogens with zero attached hydrogens (tertiary/aromatic N) is 5. The van der Waals surface area contributed by atoms with Gasteiger partial charge in [0, 0.05) is 21.7 Å². The monoisotopic (exact) mass is 345 g/mol. The van der Waals surface area contributed by atoms with Crippen LogP contribution in [0.5, 0.6) is 0 Å². The fourth-order valence-corrected chi connectivity index (χ4v) is 2.20. The molecule has 0 radical (unpaired) electrons. The van der Waals surface area contributed by atoms with Crippen molar-refractivity contribution in [3.05, 3.63) is 42.2 Å². The first-order valence-electron chi connectivity index (χ1n) is 8.20. The third kappa shape index (κ3) is 5.09. The number of nitrogen functional groups attached to an aromatic ring is 1. The summed E-state index contributed by atoms with van der Waals surface area (Å²) in [6.07, 6.45) is 3.60. The zero-order valence-corrected chi connectivity index (χ0v) is 15.8. The predicted octanol–water partition coefficient (Wildman–Crippen LogP) is 4.35. The first kappa shape index (κ1) is 20.2. The number of hydrogen-bond donors (Lipinski definition) is 2. The van der Waals surface area contributed by atoms with Gasteiger partial charge in [0.25, 0.3) is 0 Å². The molecule has 0 aliphatic rings. The minimum Gasteiger partial charge on any atom is -0.367 e. The molecule has 138 valence electrons. The third-order valence-corrected chi connectivity index (χ3v) is 3.15. The normalized spacial score (nSPS) is 10.2. The summed E-state index contributed by atoms with van der Waals surface area (Å²) < 4.78 is 1.73. The van der Waals surface area contributed by atoms with Crippen LogP contribution in [0, 0.1) is 6.92 Å². The molecular formula is C18H31N7. The van der Waals surface area contributed by atoms with Gasteiger partial charge in [-0.25, -0.2) is 9.50 Å². The summed E-state index contributed by atoms with van der Waals surface area (Å²) in [4.78, 5) is 4.05. The van der Waals surface area contributed by atoms with E-state index in [-0.39, 0.29) is 8.80 Å². The van der Waals surface area contributed by atoms with E-state index in [1.54, 1.807) is 17.8 Å². The molecule has 7 heteroatoms. The molecule has 0 atom stereocenters. The summed E-state index contributed by atoms with van der Waals surface area (Å²) in [7, 11) is 5.41. The van der Waals surface area contributed by atoms with Gasteiger partial charge in [0.05, 0.1) is 17.4 Å². The topological polar surface area (TPSA) is 93.0 Å². The number of nitrogens with two attached hydrogens (primary N) is 1. The lowest BCUT2D eigenvalue weighted by atomic mass is 10.0. The molecule has 0 aliphatic heterocycles. The van der Waals surface area contributed by atoms with Crippen LogP contribution in [-0.4, -0.2) is 35.7 Å². The number of benzene rings is 1. The highest BCUT2D eigenvalue weighted by molar-refractivity contribution is 5.81. The number of azo groups is 1. The molecule has 3 N–H and O–H groups in total. The Morgan fingerprint density at radius 1 is 1.20 bits per heavy atom. The van der Waals surface area contributed by atoms with Gasteiger partial charge in [0.1, 0.15) is 0 Å². The van der Waals surface area contributed by atoms with Crippen molar-refractivity contribution < 1.29 is 2.85 Å². The second kappa shape index (κ2) is 10.1. The number of aromatic nitrogens is 3. The lowest BCUT2D eigenvalue weighted by Crippen LogP contribution is -1.99. The molecule has 0 saturated heterocycles. The quantitative estimate of drug-likeness (QED) is 0.675. The number of hydrogen-bond acceptors (Lipinski definition) is 6. The van der Waals surface area contributed by atoms with Crippen molar-refractivity contribution in [1.82, 2.24) is 19.9 Å². The van der Waals surface area contributed by atoms with Crippen molar-refractivity contribution in [2.24, 2.45) is 10.2 Å². The Hall–Kier alpha value is -2.80. The standard InChI is InChI=1S/C14H14N6.C2H7N.C2H6.2H2/c1-9-7-10(3-4-12(9)18-16-2)11-5-6-20-13(11)8-17-14(15)19-20;1-3-2;1-2;;/h3-8H,1-2H3,(H2,15,19);3H,1-2H3;1-2H3;2*1H. The van der Waals surface area contributed by atoms with Gasteiger partial charge in [0.2, 0.25) is 5.95 Å². The maximum Gasteiger partial charge on any atom is 0.238 e. The van der Waals surface area contributed by atoms with Crippen LogP contribution in [0.2, 0.25) is 0 Å². The molecule has 0 spiro atoms. The lowest BCUT2D eigenvalue weighted by molar-refractivity contribution is 0.918. The molecule has 0 unspecified atom stereocenters. The Morgan fingerprint density at radius 3 is 2.48 bits per heavy atom. The number of fused-ring (bicyclic) bond motifs is 1. The van der Waals surface area contributed by atoms with Crippen LogP contribution < -0.4 is 11.1 Å². The zero-order chi connectivity index (χ0) is 18.8. The van der Waals surface area contributed by atoms with Crippen LogP contribution in [-0.2, 0) is 0 Å². The SMILES string of the molecule is CC.CN=Nc1ccc(-c2ccn3nc(N)ncc23)cc1C.CNC.[HH].[HH]. The van der Waals surface area contributed by atoms with Gasteiger partial charge in [-0.1, -0.05) is 19.9 Å². The van der Waals surface area contributed by atoms with Crippen molar-refractivity contribution in [2.75, 3.05) is 26.9 Å². The summed E-state index contributed by atoms with van der Waals surface area (Å²) >= 11 is 0. The number of rotatable bonds is 2. The average molecular weight is 345 g/mol. The fourth-order valence-electron chi connectivity index (χ4n) is 2.20. The van der Waals surface area contributed by atoms with E-state index in [2.05, 4.69) is 31.7 Å². The van der Waals surface area contributed by atoms with Crippen LogP contribution >= 0.6 is 0 Å². The Bertz CT molecular complexity index is 832. The van der Waals surface area contributed by atoms with Crippen LogP contribution in [0.1, 0.15) is 22.3 Å². The van der Waals surface area contributed by atoms with Gasteiger partial charge in [-0.2, -0.15) is 10.2 Å². The molecule has 2 heterocycles. The third-order valence-electron chi connectivity index (χ3n) is 3.15. The van der Waals surface area contributed by atoms with E-state index in [0.29, 0.717) is 0 Å². The molecule has 3 rings (SSSR count). The van der Waals surface area contributed by atoms with Crippen molar-refractivity contribution in [3.8, 4) is 11.1 Å². The predicted molar refractivity (Wildman–Crippen MR) is 109 cm³/mol. The molecule has 25 heavy (non-hydrogen) atoms. The van der Waals surface area contributed by atoms with Crippen molar-refractivity contribution >= 4 is 17.2 Å². The highest BCUT2D eigenvalue weighted by atomic mass is 15.3. The number of nitrogens with one attached hydrogen (secondary N) is 1. The maximum absolute atomic E-state index is 5.58. The van der Waals surface area contributed by atoms with Crippen molar-refractivity contribution in [2.45, 2.75) is 20.8 Å². The maximum atomic E-state index is 5.58. The second-order valence-electron chi connectivity index (χ2n) is 4.98. The molecule has 0 amide bonds. The van der Waals surface area contributed by atoms with E-state index in [1.165, 1.54) is 0 Å². The molecule has 0 aliphatic carbocycles. The first-order chi connectivity index (χ1) is 12.1. The lowest BCUT2D eigenvalue weighted by Gasteiger charge is -2.04. The van der Waals surface area contributed by atoms with E-state index >= 15 is 0 Å². The van der Waals surface area contributed by atoms with Crippen molar-refractivity contribution in [1.29, 1.82) is 0 Å². The van der Waals surface area contributed by atoms with Crippen LogP contribution in [0.25, 0.3) is 16.6 Å². The Kier molecular flexibility index (Phi) is 8.22. The molecular weight excluding hydrogens is 314 g/mol. The molecule has 0 saturated carbocycles. The summed E-state index contributed by atoms with van der Waals surface area (Å²) in [6.45, 7) is 6.01. The highest BCUT2D eigenvalue weighted by Crippen LogP contribution is 2.29. The Labute approximate surface area is 152 Å². The van der Waals surface area contributed by atoms with Crippen LogP contribution in [0.15, 0.2) is 46.9 Å². The largest absolute Gasteiger partial charge is 0.367 e. The second-order valence-corrected chi connectivity index (χ2v) is 4.98. The first-order valence-corrected chi connectivity index (χ1v) is 8.20. The molecule has 3 aromatic rings. The van der Waals surface area contributed by atoms with Crippen LogP contribution in [0.3, 0.4) is 0 Å². The summed E-state index contributed by atoms with van der Waals surface area (Å²) in [6, 6.07) is 8.05. The molecule has 0 fully saturated rings. The molecule has 1 aromatic carbocycles. The van der Waals surface area contributed by atoms with Gasteiger partial charge in [0.15, 0.2) is 0 Å². The van der Waals surface area contributed by atoms with E-state index in [4.69, 9.17) is 5.73 Å². The summed E-state index contributed by atoms with van der Waals surface area (Å²) in [5, 5.41) is 14.8. The van der Waals surface area contributed by atoms with Gasteiger partial charge in [-0.05, 0) is 50.3 Å². The van der Waals surface area contributed by atoms with E-state index < -0.39 is 0 Å². The van der Waals surface area contributed by atoms with Crippen LogP contribution in [0.4, 0.5) is 11.6 Å². The van der Waals surface area contributed by atoms with E-state index in [0.717, 1.165) is 27.9 Å². The molecule has 0 bridgehead atoms. The van der Waals surface area contributed by atoms with E-state index in [9.17, 15) is 0 Å². The smallest absolute Gasteiger partial charge is 0.238 e. The van der Waals surface area contributed by atoms with Gasteiger partial charge < -0.3 is 11.1 Å². The van der Waals surface area contributed by atoms with Gasteiger partial charge in [-0.15, -0.1) is 5.10 Å². The minimum absolute atomic E-state index is 0. The molecule has 7 nitrogen and oxygen atoms in total. The average Bonchev–Trinajstić information content (AvgIpc) is 3.02.